The van der Waals surface area contributed by atoms with E-state index in [9.17, 15) is 5.11 Å². The minimum Gasteiger partial charge on any atom is -0.490 e. The molecular weight excluding hydrogens is 208 g/mol. The highest BCUT2D eigenvalue weighted by atomic mass is 16.7. The monoisotopic (exact) mass is 224 g/mol. The molecule has 1 atom stereocenters. The largest absolute Gasteiger partial charge is 0.490 e. The van der Waals surface area contributed by atoms with Gasteiger partial charge in [-0.05, 0) is 25.5 Å². The van der Waals surface area contributed by atoms with Crippen molar-refractivity contribution >= 4 is 0 Å². The molecule has 16 heavy (non-hydrogen) atoms. The van der Waals surface area contributed by atoms with Crippen molar-refractivity contribution in [2.75, 3.05) is 13.4 Å². The van der Waals surface area contributed by atoms with Crippen molar-refractivity contribution < 1.29 is 19.3 Å². The number of hydrogen-bond acceptors (Lipinski definition) is 4. The van der Waals surface area contributed by atoms with E-state index < -0.39 is 5.60 Å². The van der Waals surface area contributed by atoms with Gasteiger partial charge in [0.1, 0.15) is 12.4 Å². The van der Waals surface area contributed by atoms with Gasteiger partial charge >= 0.3 is 0 Å². The van der Waals surface area contributed by atoms with Gasteiger partial charge in [-0.25, -0.2) is 0 Å². The third-order valence-electron chi connectivity index (χ3n) is 2.66. The Balaban J connectivity index is 2.00. The summed E-state index contributed by atoms with van der Waals surface area (Å²) in [5.74, 6) is 2.10. The van der Waals surface area contributed by atoms with Gasteiger partial charge in [-0.2, -0.15) is 0 Å². The summed E-state index contributed by atoms with van der Waals surface area (Å²) < 4.78 is 15.9. The quantitative estimate of drug-likeness (QED) is 0.849. The Morgan fingerprint density at radius 1 is 1.38 bits per heavy atom. The number of benzene rings is 1. The van der Waals surface area contributed by atoms with Crippen LogP contribution in [0.1, 0.15) is 20.3 Å². The molecule has 1 unspecified atom stereocenters. The number of ether oxygens (including phenoxy) is 3. The first-order chi connectivity index (χ1) is 7.61. The molecule has 0 spiro atoms. The fraction of sp³-hybridized carbons (Fsp3) is 0.500. The molecule has 0 bridgehead atoms. The Labute approximate surface area is 94.8 Å². The van der Waals surface area contributed by atoms with E-state index >= 15 is 0 Å². The topological polar surface area (TPSA) is 47.9 Å². The SMILES string of the molecule is CCC(C)(O)COc1ccc2c(c1)OCO2. The van der Waals surface area contributed by atoms with Crippen molar-refractivity contribution in [3.05, 3.63) is 18.2 Å². The van der Waals surface area contributed by atoms with Gasteiger partial charge in [-0.15, -0.1) is 0 Å². The Kier molecular flexibility index (Phi) is 2.92. The highest BCUT2D eigenvalue weighted by Gasteiger charge is 2.19. The number of hydrogen-bond donors (Lipinski definition) is 1. The first kappa shape index (κ1) is 11.1. The second-order valence-electron chi connectivity index (χ2n) is 4.15. The summed E-state index contributed by atoms with van der Waals surface area (Å²) in [4.78, 5) is 0. The van der Waals surface area contributed by atoms with E-state index in [2.05, 4.69) is 0 Å². The third kappa shape index (κ3) is 2.39. The lowest BCUT2D eigenvalue weighted by molar-refractivity contribution is 0.00841. The van der Waals surface area contributed by atoms with Crippen LogP contribution in [0.25, 0.3) is 0 Å². The minimum atomic E-state index is -0.795. The summed E-state index contributed by atoms with van der Waals surface area (Å²) in [6, 6.07) is 5.38. The predicted octanol–water partition coefficient (Wildman–Crippen LogP) is 1.96. The molecule has 2 rings (SSSR count). The molecule has 0 amide bonds. The average molecular weight is 224 g/mol. The Morgan fingerprint density at radius 2 is 2.12 bits per heavy atom. The normalized spacial score (nSPS) is 16.9. The van der Waals surface area contributed by atoms with E-state index in [-0.39, 0.29) is 13.4 Å². The fourth-order valence-corrected chi connectivity index (χ4v) is 1.31. The van der Waals surface area contributed by atoms with Crippen LogP contribution >= 0.6 is 0 Å². The molecule has 0 fully saturated rings. The van der Waals surface area contributed by atoms with E-state index in [0.717, 1.165) is 5.75 Å². The van der Waals surface area contributed by atoms with Gasteiger partial charge < -0.3 is 19.3 Å². The third-order valence-corrected chi connectivity index (χ3v) is 2.66. The van der Waals surface area contributed by atoms with Crippen LogP contribution in [-0.4, -0.2) is 24.1 Å². The van der Waals surface area contributed by atoms with Crippen LogP contribution in [0.2, 0.25) is 0 Å². The maximum absolute atomic E-state index is 9.80. The smallest absolute Gasteiger partial charge is 0.231 e. The van der Waals surface area contributed by atoms with Crippen molar-refractivity contribution in [1.29, 1.82) is 0 Å². The number of fused-ring (bicyclic) bond motifs is 1. The molecule has 0 aliphatic carbocycles. The standard InChI is InChI=1S/C12H16O4/c1-3-12(2,13)7-14-9-4-5-10-11(6-9)16-8-15-10/h4-6,13H,3,7-8H2,1-2H3. The van der Waals surface area contributed by atoms with Crippen molar-refractivity contribution in [2.45, 2.75) is 25.9 Å². The number of rotatable bonds is 4. The Morgan fingerprint density at radius 3 is 2.88 bits per heavy atom. The molecule has 4 nitrogen and oxygen atoms in total. The first-order valence-corrected chi connectivity index (χ1v) is 5.35. The van der Waals surface area contributed by atoms with Crippen LogP contribution in [0.4, 0.5) is 0 Å². The molecule has 4 heteroatoms. The lowest BCUT2D eigenvalue weighted by atomic mass is 10.1. The van der Waals surface area contributed by atoms with E-state index in [1.165, 1.54) is 0 Å². The zero-order valence-corrected chi connectivity index (χ0v) is 9.53. The second-order valence-corrected chi connectivity index (χ2v) is 4.15. The summed E-state index contributed by atoms with van der Waals surface area (Å²) >= 11 is 0. The van der Waals surface area contributed by atoms with Gasteiger partial charge in [0.15, 0.2) is 11.5 Å². The van der Waals surface area contributed by atoms with Gasteiger partial charge in [0.05, 0.1) is 5.60 Å². The van der Waals surface area contributed by atoms with E-state index in [1.807, 2.05) is 6.92 Å². The van der Waals surface area contributed by atoms with Gasteiger partial charge in [0.25, 0.3) is 0 Å². The van der Waals surface area contributed by atoms with Crippen molar-refractivity contribution in [1.82, 2.24) is 0 Å². The molecule has 1 aromatic carbocycles. The Bertz CT molecular complexity index is 373. The zero-order chi connectivity index (χ0) is 11.6. The maximum Gasteiger partial charge on any atom is 0.231 e. The van der Waals surface area contributed by atoms with Gasteiger partial charge in [-0.3, -0.25) is 0 Å². The summed E-state index contributed by atoms with van der Waals surface area (Å²) in [5, 5.41) is 9.80. The molecule has 1 aliphatic rings. The van der Waals surface area contributed by atoms with Gasteiger partial charge in [0.2, 0.25) is 6.79 Å². The molecular formula is C12H16O4. The number of aliphatic hydroxyl groups is 1. The highest BCUT2D eigenvalue weighted by Crippen LogP contribution is 2.35. The molecule has 1 heterocycles. The molecule has 0 saturated carbocycles. The molecule has 1 aliphatic heterocycles. The van der Waals surface area contributed by atoms with Gasteiger partial charge in [-0.1, -0.05) is 6.92 Å². The molecule has 0 aromatic heterocycles. The highest BCUT2D eigenvalue weighted by molar-refractivity contribution is 5.46. The van der Waals surface area contributed by atoms with Crippen LogP contribution in [0.15, 0.2) is 18.2 Å². The lowest BCUT2D eigenvalue weighted by Crippen LogP contribution is -2.31. The van der Waals surface area contributed by atoms with E-state index in [4.69, 9.17) is 14.2 Å². The zero-order valence-electron chi connectivity index (χ0n) is 9.53. The van der Waals surface area contributed by atoms with Gasteiger partial charge in [0, 0.05) is 6.07 Å². The van der Waals surface area contributed by atoms with Crippen LogP contribution in [0.3, 0.4) is 0 Å². The summed E-state index contributed by atoms with van der Waals surface area (Å²) in [7, 11) is 0. The summed E-state index contributed by atoms with van der Waals surface area (Å²) in [6.45, 7) is 4.19. The van der Waals surface area contributed by atoms with Crippen LogP contribution in [0, 0.1) is 0 Å². The van der Waals surface area contributed by atoms with E-state index in [0.29, 0.717) is 17.9 Å². The van der Waals surface area contributed by atoms with Crippen molar-refractivity contribution in [3.63, 3.8) is 0 Å². The fourth-order valence-electron chi connectivity index (χ4n) is 1.31. The van der Waals surface area contributed by atoms with Crippen LogP contribution in [-0.2, 0) is 0 Å². The van der Waals surface area contributed by atoms with Crippen molar-refractivity contribution in [2.24, 2.45) is 0 Å². The summed E-state index contributed by atoms with van der Waals surface area (Å²) in [6.07, 6.45) is 0.650. The minimum absolute atomic E-state index is 0.255. The molecule has 0 saturated heterocycles. The van der Waals surface area contributed by atoms with Crippen LogP contribution < -0.4 is 14.2 Å². The van der Waals surface area contributed by atoms with Crippen molar-refractivity contribution in [3.8, 4) is 17.2 Å². The molecule has 88 valence electrons. The van der Waals surface area contributed by atoms with E-state index in [1.54, 1.807) is 25.1 Å². The predicted molar refractivity (Wildman–Crippen MR) is 59.0 cm³/mol. The molecule has 0 radical (unpaired) electrons. The first-order valence-electron chi connectivity index (χ1n) is 5.35. The summed E-state index contributed by atoms with van der Waals surface area (Å²) in [5.41, 5.74) is -0.795. The average Bonchev–Trinajstić information content (AvgIpc) is 2.73. The Hall–Kier alpha value is -1.42. The maximum atomic E-state index is 9.80. The molecule has 1 aromatic rings. The van der Waals surface area contributed by atoms with Crippen LogP contribution in [0.5, 0.6) is 17.2 Å². The second kappa shape index (κ2) is 4.22. The molecule has 1 N–H and O–H groups in total. The lowest BCUT2D eigenvalue weighted by Gasteiger charge is -2.21.